The molecule has 0 atom stereocenters. The Morgan fingerprint density at radius 2 is 2.38 bits per heavy atom. The summed E-state index contributed by atoms with van der Waals surface area (Å²) in [5.74, 6) is -0.171. The van der Waals surface area contributed by atoms with Crippen LogP contribution in [0.25, 0.3) is 0 Å². The van der Waals surface area contributed by atoms with Crippen molar-refractivity contribution < 1.29 is 9.53 Å². The molecule has 0 aromatic carbocycles. The maximum Gasteiger partial charge on any atom is 0.320 e. The normalized spacial score (nSPS) is 10.8. The lowest BCUT2D eigenvalue weighted by Crippen LogP contribution is -2.29. The maximum absolute atomic E-state index is 11.2. The lowest BCUT2D eigenvalue weighted by atomic mass is 10.3. The molecule has 1 heterocycles. The number of rotatable bonds is 6. The van der Waals surface area contributed by atoms with Crippen molar-refractivity contribution in [3.8, 4) is 0 Å². The highest BCUT2D eigenvalue weighted by Gasteiger charge is 2.07. The van der Waals surface area contributed by atoms with Gasteiger partial charge in [0.25, 0.3) is 0 Å². The summed E-state index contributed by atoms with van der Waals surface area (Å²) < 4.78 is 6.72. The SMILES string of the molecule is CCOC(=O)CN(C)CCc1ccnn1C. The van der Waals surface area contributed by atoms with Gasteiger partial charge in [-0.15, -0.1) is 0 Å². The van der Waals surface area contributed by atoms with Gasteiger partial charge in [-0.05, 0) is 20.0 Å². The van der Waals surface area contributed by atoms with E-state index in [1.54, 1.807) is 6.20 Å². The molecule has 1 aromatic heterocycles. The molecule has 0 unspecified atom stereocenters. The molecule has 0 amide bonds. The van der Waals surface area contributed by atoms with Crippen molar-refractivity contribution in [3.05, 3.63) is 18.0 Å². The van der Waals surface area contributed by atoms with Gasteiger partial charge in [0.15, 0.2) is 0 Å². The summed E-state index contributed by atoms with van der Waals surface area (Å²) >= 11 is 0. The summed E-state index contributed by atoms with van der Waals surface area (Å²) in [5.41, 5.74) is 1.16. The van der Waals surface area contributed by atoms with Crippen molar-refractivity contribution in [1.82, 2.24) is 14.7 Å². The summed E-state index contributed by atoms with van der Waals surface area (Å²) in [6.07, 6.45) is 2.66. The average Bonchev–Trinajstić information content (AvgIpc) is 2.61. The highest BCUT2D eigenvalue weighted by molar-refractivity contribution is 5.71. The third-order valence-electron chi connectivity index (χ3n) is 2.38. The zero-order valence-electron chi connectivity index (χ0n) is 10.1. The fraction of sp³-hybridized carbons (Fsp3) is 0.636. The standard InChI is InChI=1S/C11H19N3O2/c1-4-16-11(15)9-13(2)8-6-10-5-7-12-14(10)3/h5,7H,4,6,8-9H2,1-3H3. The van der Waals surface area contributed by atoms with Crippen molar-refractivity contribution in [1.29, 1.82) is 0 Å². The van der Waals surface area contributed by atoms with Crippen molar-refractivity contribution in [3.63, 3.8) is 0 Å². The first-order chi connectivity index (χ1) is 7.63. The van der Waals surface area contributed by atoms with Crippen LogP contribution in [-0.2, 0) is 23.0 Å². The molecule has 1 rings (SSSR count). The molecule has 1 aromatic rings. The molecular weight excluding hydrogens is 206 g/mol. The Hall–Kier alpha value is -1.36. The number of hydrogen-bond acceptors (Lipinski definition) is 4. The minimum absolute atomic E-state index is 0.171. The number of aromatic nitrogens is 2. The van der Waals surface area contributed by atoms with Gasteiger partial charge in [0.1, 0.15) is 0 Å². The molecule has 16 heavy (non-hydrogen) atoms. The zero-order chi connectivity index (χ0) is 12.0. The van der Waals surface area contributed by atoms with Gasteiger partial charge in [0.05, 0.1) is 13.2 Å². The number of nitrogens with zero attached hydrogens (tertiary/aromatic N) is 3. The van der Waals surface area contributed by atoms with Gasteiger partial charge in [-0.3, -0.25) is 14.4 Å². The van der Waals surface area contributed by atoms with Gasteiger partial charge in [-0.25, -0.2) is 0 Å². The third kappa shape index (κ3) is 4.02. The molecule has 0 saturated carbocycles. The van der Waals surface area contributed by atoms with E-state index in [1.165, 1.54) is 0 Å². The Morgan fingerprint density at radius 1 is 1.62 bits per heavy atom. The molecule has 0 aliphatic carbocycles. The van der Waals surface area contributed by atoms with Crippen LogP contribution in [0.15, 0.2) is 12.3 Å². The van der Waals surface area contributed by atoms with Crippen LogP contribution in [0.1, 0.15) is 12.6 Å². The van der Waals surface area contributed by atoms with Crippen LogP contribution in [0, 0.1) is 0 Å². The second-order valence-corrected chi connectivity index (χ2v) is 3.74. The van der Waals surface area contributed by atoms with E-state index < -0.39 is 0 Å². The molecule has 0 bridgehead atoms. The Labute approximate surface area is 96.0 Å². The van der Waals surface area contributed by atoms with E-state index in [1.807, 2.05) is 36.7 Å². The quantitative estimate of drug-likeness (QED) is 0.660. The number of carbonyl (C=O) groups is 1. The number of esters is 1. The van der Waals surface area contributed by atoms with Crippen molar-refractivity contribution in [2.75, 3.05) is 26.7 Å². The smallest absolute Gasteiger partial charge is 0.320 e. The van der Waals surface area contributed by atoms with Crippen LogP contribution in [0.3, 0.4) is 0 Å². The van der Waals surface area contributed by atoms with Gasteiger partial charge in [0, 0.05) is 31.9 Å². The number of hydrogen-bond donors (Lipinski definition) is 0. The van der Waals surface area contributed by atoms with Crippen LogP contribution >= 0.6 is 0 Å². The highest BCUT2D eigenvalue weighted by Crippen LogP contribution is 1.98. The summed E-state index contributed by atoms with van der Waals surface area (Å²) in [6, 6.07) is 1.98. The Morgan fingerprint density at radius 3 is 2.94 bits per heavy atom. The van der Waals surface area contributed by atoms with Crippen molar-refractivity contribution >= 4 is 5.97 Å². The number of aryl methyl sites for hydroxylation is 1. The number of carbonyl (C=O) groups excluding carboxylic acids is 1. The summed E-state index contributed by atoms with van der Waals surface area (Å²) in [7, 11) is 3.83. The fourth-order valence-corrected chi connectivity index (χ4v) is 1.46. The van der Waals surface area contributed by atoms with Crippen molar-refractivity contribution in [2.45, 2.75) is 13.3 Å². The molecule has 0 radical (unpaired) electrons. The maximum atomic E-state index is 11.2. The molecule has 0 aliphatic rings. The van der Waals surface area contributed by atoms with Crippen LogP contribution in [-0.4, -0.2) is 47.4 Å². The average molecular weight is 225 g/mol. The number of ether oxygens (including phenoxy) is 1. The van der Waals surface area contributed by atoms with Crippen LogP contribution in [0.2, 0.25) is 0 Å². The number of likely N-dealkylation sites (N-methyl/N-ethyl adjacent to an activating group) is 1. The molecule has 0 aliphatic heterocycles. The predicted molar refractivity (Wildman–Crippen MR) is 61.0 cm³/mol. The minimum atomic E-state index is -0.171. The van der Waals surface area contributed by atoms with E-state index in [9.17, 15) is 4.79 Å². The van der Waals surface area contributed by atoms with Crippen LogP contribution < -0.4 is 0 Å². The minimum Gasteiger partial charge on any atom is -0.465 e. The highest BCUT2D eigenvalue weighted by atomic mass is 16.5. The first-order valence-electron chi connectivity index (χ1n) is 5.44. The second kappa shape index (κ2) is 6.27. The van der Waals surface area contributed by atoms with E-state index >= 15 is 0 Å². The van der Waals surface area contributed by atoms with E-state index in [4.69, 9.17) is 4.74 Å². The second-order valence-electron chi connectivity index (χ2n) is 3.74. The van der Waals surface area contributed by atoms with Crippen molar-refractivity contribution in [2.24, 2.45) is 7.05 Å². The van der Waals surface area contributed by atoms with E-state index in [2.05, 4.69) is 5.10 Å². The van der Waals surface area contributed by atoms with E-state index in [0.29, 0.717) is 13.2 Å². The molecular formula is C11H19N3O2. The predicted octanol–water partition coefficient (Wildman–Crippen LogP) is 0.457. The monoisotopic (exact) mass is 225 g/mol. The van der Waals surface area contributed by atoms with Gasteiger partial charge in [0.2, 0.25) is 0 Å². The molecule has 0 fully saturated rings. The van der Waals surface area contributed by atoms with Gasteiger partial charge < -0.3 is 4.74 Å². The lowest BCUT2D eigenvalue weighted by Gasteiger charge is -2.15. The third-order valence-corrected chi connectivity index (χ3v) is 2.38. The van der Waals surface area contributed by atoms with E-state index in [0.717, 1.165) is 18.7 Å². The summed E-state index contributed by atoms with van der Waals surface area (Å²) in [4.78, 5) is 13.1. The molecule has 0 spiro atoms. The molecule has 5 heteroatoms. The lowest BCUT2D eigenvalue weighted by molar-refractivity contribution is -0.144. The van der Waals surface area contributed by atoms with Gasteiger partial charge >= 0.3 is 5.97 Å². The Bertz CT molecular complexity index is 336. The Balaban J connectivity index is 2.27. The van der Waals surface area contributed by atoms with Crippen LogP contribution in [0.5, 0.6) is 0 Å². The fourth-order valence-electron chi connectivity index (χ4n) is 1.46. The first-order valence-corrected chi connectivity index (χ1v) is 5.44. The van der Waals surface area contributed by atoms with Crippen LogP contribution in [0.4, 0.5) is 0 Å². The molecule has 0 N–H and O–H groups in total. The summed E-state index contributed by atoms with van der Waals surface area (Å²) in [5, 5.41) is 4.09. The Kier molecular flexibility index (Phi) is 4.98. The zero-order valence-corrected chi connectivity index (χ0v) is 10.1. The first kappa shape index (κ1) is 12.7. The largest absolute Gasteiger partial charge is 0.465 e. The van der Waals surface area contributed by atoms with Gasteiger partial charge in [-0.2, -0.15) is 5.10 Å². The molecule has 5 nitrogen and oxygen atoms in total. The summed E-state index contributed by atoms with van der Waals surface area (Å²) in [6.45, 7) is 3.41. The molecule has 0 saturated heterocycles. The van der Waals surface area contributed by atoms with E-state index in [-0.39, 0.29) is 5.97 Å². The topological polar surface area (TPSA) is 47.4 Å². The van der Waals surface area contributed by atoms with Gasteiger partial charge in [-0.1, -0.05) is 0 Å². The molecule has 90 valence electrons.